The molecule has 2 aromatic heterocycles. The Morgan fingerprint density at radius 2 is 1.94 bits per heavy atom. The lowest BCUT2D eigenvalue weighted by atomic mass is 10.2. The fourth-order valence-electron chi connectivity index (χ4n) is 1.27. The second kappa shape index (κ2) is 4.57. The molecule has 0 fully saturated rings. The first-order chi connectivity index (χ1) is 7.66. The molecule has 0 bridgehead atoms. The van der Waals surface area contributed by atoms with Gasteiger partial charge in [0.1, 0.15) is 0 Å². The Morgan fingerprint density at radius 3 is 2.56 bits per heavy atom. The largest absolute Gasteiger partial charge is 0.349 e. The molecule has 0 aliphatic heterocycles. The third kappa shape index (κ3) is 2.36. The highest BCUT2D eigenvalue weighted by atomic mass is 32.1. The van der Waals surface area contributed by atoms with Gasteiger partial charge in [-0.15, -0.1) is 5.10 Å². The molecule has 0 aliphatic rings. The molecule has 0 radical (unpaired) electrons. The molecule has 0 aliphatic carbocycles. The third-order valence-corrected chi connectivity index (χ3v) is 3.40. The second-order valence-electron chi connectivity index (χ2n) is 3.74. The van der Waals surface area contributed by atoms with Crippen LogP contribution in [0.15, 0.2) is 10.8 Å². The SMILES string of the molecule is Cc1cscc1CNc1nnc(C)c(C)n1. The molecule has 0 amide bonds. The van der Waals surface area contributed by atoms with Gasteiger partial charge in [0.15, 0.2) is 0 Å². The molecular formula is C11H14N4S. The average Bonchev–Trinajstić information content (AvgIpc) is 2.66. The van der Waals surface area contributed by atoms with Crippen LogP contribution in [0.1, 0.15) is 22.5 Å². The van der Waals surface area contributed by atoms with E-state index in [1.54, 1.807) is 11.3 Å². The molecule has 0 aromatic carbocycles. The predicted octanol–water partition coefficient (Wildman–Crippen LogP) is 2.47. The van der Waals surface area contributed by atoms with Crippen LogP contribution < -0.4 is 5.32 Å². The van der Waals surface area contributed by atoms with Crippen LogP contribution in [-0.2, 0) is 6.54 Å². The molecule has 2 rings (SSSR count). The van der Waals surface area contributed by atoms with Crippen LogP contribution in [-0.4, -0.2) is 15.2 Å². The van der Waals surface area contributed by atoms with Gasteiger partial charge in [-0.25, -0.2) is 4.98 Å². The summed E-state index contributed by atoms with van der Waals surface area (Å²) in [5.41, 5.74) is 4.37. The van der Waals surface area contributed by atoms with Crippen LogP contribution in [0, 0.1) is 20.8 Å². The van der Waals surface area contributed by atoms with E-state index >= 15 is 0 Å². The smallest absolute Gasteiger partial charge is 0.243 e. The molecule has 0 spiro atoms. The summed E-state index contributed by atoms with van der Waals surface area (Å²) in [7, 11) is 0. The number of aryl methyl sites for hydroxylation is 3. The Labute approximate surface area is 98.8 Å². The van der Waals surface area contributed by atoms with Crippen molar-refractivity contribution >= 4 is 17.3 Å². The quantitative estimate of drug-likeness (QED) is 0.886. The number of nitrogens with one attached hydrogen (secondary N) is 1. The molecule has 4 nitrogen and oxygen atoms in total. The maximum absolute atomic E-state index is 4.32. The average molecular weight is 234 g/mol. The van der Waals surface area contributed by atoms with Crippen LogP contribution in [0.3, 0.4) is 0 Å². The van der Waals surface area contributed by atoms with Crippen molar-refractivity contribution in [3.05, 3.63) is 33.3 Å². The Bertz CT molecular complexity index is 492. The zero-order valence-electron chi connectivity index (χ0n) is 9.61. The minimum absolute atomic E-state index is 0.591. The summed E-state index contributed by atoms with van der Waals surface area (Å²) in [5, 5.41) is 15.5. The van der Waals surface area contributed by atoms with Crippen molar-refractivity contribution in [3.63, 3.8) is 0 Å². The minimum Gasteiger partial charge on any atom is -0.349 e. The van der Waals surface area contributed by atoms with Gasteiger partial charge in [-0.3, -0.25) is 0 Å². The summed E-state index contributed by atoms with van der Waals surface area (Å²) in [4.78, 5) is 4.32. The number of hydrogen-bond donors (Lipinski definition) is 1. The molecule has 0 unspecified atom stereocenters. The lowest BCUT2D eigenvalue weighted by Gasteiger charge is -2.05. The number of aromatic nitrogens is 3. The summed E-state index contributed by atoms with van der Waals surface area (Å²) in [5.74, 6) is 0.591. The Balaban J connectivity index is 2.05. The van der Waals surface area contributed by atoms with Gasteiger partial charge in [0.05, 0.1) is 11.4 Å². The summed E-state index contributed by atoms with van der Waals surface area (Å²) in [6.45, 7) is 6.69. The molecule has 2 aromatic rings. The number of rotatable bonds is 3. The minimum atomic E-state index is 0.591. The molecule has 16 heavy (non-hydrogen) atoms. The van der Waals surface area contributed by atoms with Crippen molar-refractivity contribution in [2.24, 2.45) is 0 Å². The highest BCUT2D eigenvalue weighted by molar-refractivity contribution is 7.08. The van der Waals surface area contributed by atoms with Crippen LogP contribution in [0.2, 0.25) is 0 Å². The van der Waals surface area contributed by atoms with Crippen molar-refractivity contribution in [2.45, 2.75) is 27.3 Å². The van der Waals surface area contributed by atoms with Crippen molar-refractivity contribution in [2.75, 3.05) is 5.32 Å². The van der Waals surface area contributed by atoms with E-state index in [2.05, 4.69) is 38.2 Å². The van der Waals surface area contributed by atoms with Crippen molar-refractivity contribution in [3.8, 4) is 0 Å². The van der Waals surface area contributed by atoms with E-state index in [1.165, 1.54) is 11.1 Å². The first-order valence-corrected chi connectivity index (χ1v) is 6.04. The molecule has 0 saturated heterocycles. The molecule has 84 valence electrons. The number of nitrogens with zero attached hydrogens (tertiary/aromatic N) is 3. The molecule has 2 heterocycles. The first-order valence-electron chi connectivity index (χ1n) is 5.10. The Morgan fingerprint density at radius 1 is 1.12 bits per heavy atom. The molecule has 0 saturated carbocycles. The fraction of sp³-hybridized carbons (Fsp3) is 0.364. The van der Waals surface area contributed by atoms with Gasteiger partial charge in [0.25, 0.3) is 0 Å². The highest BCUT2D eigenvalue weighted by Crippen LogP contribution is 2.14. The van der Waals surface area contributed by atoms with Gasteiger partial charge in [-0.2, -0.15) is 16.4 Å². The number of hydrogen-bond acceptors (Lipinski definition) is 5. The second-order valence-corrected chi connectivity index (χ2v) is 4.48. The zero-order chi connectivity index (χ0) is 11.5. The van der Waals surface area contributed by atoms with E-state index in [0.29, 0.717) is 5.95 Å². The van der Waals surface area contributed by atoms with E-state index < -0.39 is 0 Å². The lowest BCUT2D eigenvalue weighted by Crippen LogP contribution is -2.07. The highest BCUT2D eigenvalue weighted by Gasteiger charge is 2.03. The van der Waals surface area contributed by atoms with Gasteiger partial charge in [0, 0.05) is 6.54 Å². The van der Waals surface area contributed by atoms with E-state index in [9.17, 15) is 0 Å². The van der Waals surface area contributed by atoms with E-state index in [1.807, 2.05) is 13.8 Å². The van der Waals surface area contributed by atoms with Crippen molar-refractivity contribution in [1.29, 1.82) is 0 Å². The van der Waals surface area contributed by atoms with Gasteiger partial charge in [-0.1, -0.05) is 0 Å². The van der Waals surface area contributed by atoms with Crippen molar-refractivity contribution < 1.29 is 0 Å². The van der Waals surface area contributed by atoms with Crippen LogP contribution in [0.5, 0.6) is 0 Å². The van der Waals surface area contributed by atoms with Gasteiger partial charge < -0.3 is 5.32 Å². The third-order valence-electron chi connectivity index (χ3n) is 2.49. The monoisotopic (exact) mass is 234 g/mol. The van der Waals surface area contributed by atoms with E-state index in [-0.39, 0.29) is 0 Å². The van der Waals surface area contributed by atoms with Gasteiger partial charge >= 0.3 is 0 Å². The summed E-state index contributed by atoms with van der Waals surface area (Å²) >= 11 is 1.71. The normalized spacial score (nSPS) is 10.4. The van der Waals surface area contributed by atoms with Crippen LogP contribution >= 0.6 is 11.3 Å². The maximum Gasteiger partial charge on any atom is 0.243 e. The Kier molecular flexibility index (Phi) is 3.14. The van der Waals surface area contributed by atoms with E-state index in [0.717, 1.165) is 17.9 Å². The van der Waals surface area contributed by atoms with Gasteiger partial charge in [-0.05, 0) is 42.7 Å². The maximum atomic E-state index is 4.32. The standard InChI is InChI=1S/C11H14N4S/c1-7-5-16-6-10(7)4-12-11-13-8(2)9(3)14-15-11/h5-6H,4H2,1-3H3,(H,12,13,15). The molecule has 5 heteroatoms. The van der Waals surface area contributed by atoms with Crippen LogP contribution in [0.25, 0.3) is 0 Å². The lowest BCUT2D eigenvalue weighted by molar-refractivity contribution is 0.885. The molecular weight excluding hydrogens is 220 g/mol. The summed E-state index contributed by atoms with van der Waals surface area (Å²) < 4.78 is 0. The van der Waals surface area contributed by atoms with E-state index in [4.69, 9.17) is 0 Å². The molecule has 1 N–H and O–H groups in total. The van der Waals surface area contributed by atoms with Gasteiger partial charge in [0.2, 0.25) is 5.95 Å². The number of thiophene rings is 1. The zero-order valence-corrected chi connectivity index (χ0v) is 10.4. The predicted molar refractivity (Wildman–Crippen MR) is 65.7 cm³/mol. The van der Waals surface area contributed by atoms with Crippen molar-refractivity contribution in [1.82, 2.24) is 15.2 Å². The summed E-state index contributed by atoms with van der Waals surface area (Å²) in [6, 6.07) is 0. The summed E-state index contributed by atoms with van der Waals surface area (Å²) in [6.07, 6.45) is 0. The fourth-order valence-corrected chi connectivity index (χ4v) is 2.13. The molecule has 0 atom stereocenters. The van der Waals surface area contributed by atoms with Crippen LogP contribution in [0.4, 0.5) is 5.95 Å². The first kappa shape index (κ1) is 11.0. The Hall–Kier alpha value is -1.49. The topological polar surface area (TPSA) is 50.7 Å². The number of anilines is 1.